The Balaban J connectivity index is 1.19. The van der Waals surface area contributed by atoms with E-state index < -0.39 is 25.1 Å². The number of amides is 1. The van der Waals surface area contributed by atoms with Gasteiger partial charge in [-0.25, -0.2) is 8.78 Å². The number of benzene rings is 2. The number of aromatic nitrogens is 1. The van der Waals surface area contributed by atoms with E-state index in [1.165, 1.54) is 5.56 Å². The fourth-order valence-electron chi connectivity index (χ4n) is 4.62. The zero-order valence-corrected chi connectivity index (χ0v) is 18.5. The SMILES string of the molecule is Cc1cc2cccnc2cc1-c1ccc(OC2CCN(C(=O)C3CC(F)(F)CO3)CC2)cc1. The number of alkyl halides is 2. The molecule has 0 N–H and O–H groups in total. The number of ether oxygens (including phenoxy) is 2. The number of piperidine rings is 1. The molecular weight excluding hydrogens is 426 g/mol. The molecule has 1 aromatic heterocycles. The molecule has 2 saturated heterocycles. The van der Waals surface area contributed by atoms with Gasteiger partial charge in [-0.3, -0.25) is 9.78 Å². The molecule has 0 radical (unpaired) electrons. The minimum Gasteiger partial charge on any atom is -0.490 e. The molecule has 2 fully saturated rings. The summed E-state index contributed by atoms with van der Waals surface area (Å²) in [4.78, 5) is 18.5. The Bertz CT molecular complexity index is 1160. The third kappa shape index (κ3) is 4.69. The Morgan fingerprint density at radius 2 is 1.91 bits per heavy atom. The van der Waals surface area contributed by atoms with Crippen LogP contribution in [0.5, 0.6) is 5.75 Å². The van der Waals surface area contributed by atoms with Crippen molar-refractivity contribution in [2.75, 3.05) is 19.7 Å². The standard InChI is InChI=1S/C26H26F2N2O3/c1-17-13-19-3-2-10-29-23(19)14-22(17)18-4-6-20(7-5-18)33-21-8-11-30(12-9-21)25(31)24-15-26(27,28)16-32-24/h2-7,10,13-14,21,24H,8-9,11-12,15-16H2,1H3. The maximum atomic E-state index is 13.3. The van der Waals surface area contributed by atoms with Crippen molar-refractivity contribution in [1.29, 1.82) is 0 Å². The number of fused-ring (bicyclic) bond motifs is 1. The van der Waals surface area contributed by atoms with Crippen LogP contribution in [0.15, 0.2) is 54.7 Å². The summed E-state index contributed by atoms with van der Waals surface area (Å²) in [5.74, 6) is -2.47. The van der Waals surface area contributed by atoms with E-state index in [0.717, 1.165) is 27.8 Å². The van der Waals surface area contributed by atoms with Crippen LogP contribution in [0.25, 0.3) is 22.0 Å². The zero-order chi connectivity index (χ0) is 23.0. The van der Waals surface area contributed by atoms with Gasteiger partial charge >= 0.3 is 0 Å². The maximum Gasteiger partial charge on any atom is 0.274 e. The smallest absolute Gasteiger partial charge is 0.274 e. The Hall–Kier alpha value is -3.06. The Morgan fingerprint density at radius 3 is 2.61 bits per heavy atom. The van der Waals surface area contributed by atoms with Gasteiger partial charge < -0.3 is 14.4 Å². The van der Waals surface area contributed by atoms with Gasteiger partial charge in [0.1, 0.15) is 24.6 Å². The summed E-state index contributed by atoms with van der Waals surface area (Å²) in [5.41, 5.74) is 4.39. The highest BCUT2D eigenvalue weighted by Gasteiger charge is 2.45. The number of carbonyl (C=O) groups is 1. The molecule has 33 heavy (non-hydrogen) atoms. The number of halogens is 2. The molecule has 0 saturated carbocycles. The van der Waals surface area contributed by atoms with E-state index in [1.807, 2.05) is 30.3 Å². The number of pyridine rings is 1. The molecular formula is C26H26F2N2O3. The summed E-state index contributed by atoms with van der Waals surface area (Å²) in [6.45, 7) is 2.39. The predicted octanol–water partition coefficient (Wildman–Crippen LogP) is 5.00. The molecule has 2 aliphatic heterocycles. The number of nitrogens with zero attached hydrogens (tertiary/aromatic N) is 2. The van der Waals surface area contributed by atoms with Gasteiger partial charge in [-0.05, 0) is 53.9 Å². The second-order valence-electron chi connectivity index (χ2n) is 8.89. The van der Waals surface area contributed by atoms with Gasteiger partial charge in [0.05, 0.1) is 5.52 Å². The van der Waals surface area contributed by atoms with Crippen molar-refractivity contribution in [3.63, 3.8) is 0 Å². The van der Waals surface area contributed by atoms with Crippen LogP contribution in [0.1, 0.15) is 24.8 Å². The largest absolute Gasteiger partial charge is 0.490 e. The first kappa shape index (κ1) is 21.8. The van der Waals surface area contributed by atoms with Crippen LogP contribution in [0, 0.1) is 6.92 Å². The quantitative estimate of drug-likeness (QED) is 0.559. The van der Waals surface area contributed by atoms with Crippen molar-refractivity contribution in [3.8, 4) is 16.9 Å². The number of aryl methyl sites for hydroxylation is 1. The molecule has 5 nitrogen and oxygen atoms in total. The lowest BCUT2D eigenvalue weighted by Gasteiger charge is -2.33. The van der Waals surface area contributed by atoms with Crippen LogP contribution in [0.3, 0.4) is 0 Å². The molecule has 7 heteroatoms. The fourth-order valence-corrected chi connectivity index (χ4v) is 4.62. The molecule has 0 spiro atoms. The van der Waals surface area contributed by atoms with E-state index in [-0.39, 0.29) is 12.0 Å². The van der Waals surface area contributed by atoms with Crippen LogP contribution < -0.4 is 4.74 Å². The fraction of sp³-hybridized carbons (Fsp3) is 0.385. The number of hydrogen-bond donors (Lipinski definition) is 0. The lowest BCUT2D eigenvalue weighted by atomic mass is 9.98. The van der Waals surface area contributed by atoms with E-state index in [4.69, 9.17) is 9.47 Å². The van der Waals surface area contributed by atoms with Crippen molar-refractivity contribution >= 4 is 16.8 Å². The molecule has 1 amide bonds. The topological polar surface area (TPSA) is 51.7 Å². The zero-order valence-electron chi connectivity index (χ0n) is 18.5. The lowest BCUT2D eigenvalue weighted by molar-refractivity contribution is -0.142. The molecule has 5 rings (SSSR count). The summed E-state index contributed by atoms with van der Waals surface area (Å²) in [5, 5.41) is 1.12. The van der Waals surface area contributed by atoms with Crippen LogP contribution >= 0.6 is 0 Å². The van der Waals surface area contributed by atoms with E-state index in [9.17, 15) is 13.6 Å². The molecule has 2 aromatic carbocycles. The molecule has 0 bridgehead atoms. The van der Waals surface area contributed by atoms with Crippen LogP contribution in [-0.4, -0.2) is 53.6 Å². The second-order valence-corrected chi connectivity index (χ2v) is 8.89. The Labute approximate surface area is 191 Å². The Morgan fingerprint density at radius 1 is 1.15 bits per heavy atom. The van der Waals surface area contributed by atoms with Crippen molar-refractivity contribution < 1.29 is 23.0 Å². The first-order chi connectivity index (χ1) is 15.9. The predicted molar refractivity (Wildman–Crippen MR) is 121 cm³/mol. The van der Waals surface area contributed by atoms with Gasteiger partial charge in [-0.2, -0.15) is 0 Å². The molecule has 172 valence electrons. The molecule has 1 unspecified atom stereocenters. The molecule has 0 aliphatic carbocycles. The van der Waals surface area contributed by atoms with Crippen molar-refractivity contribution in [3.05, 3.63) is 60.3 Å². The van der Waals surface area contributed by atoms with Crippen molar-refractivity contribution in [2.45, 2.75) is 44.3 Å². The summed E-state index contributed by atoms with van der Waals surface area (Å²) < 4.78 is 37.8. The number of likely N-dealkylation sites (tertiary alicyclic amines) is 1. The molecule has 1 atom stereocenters. The number of carbonyl (C=O) groups excluding carboxylic acids is 1. The van der Waals surface area contributed by atoms with Gasteiger partial charge in [0.2, 0.25) is 0 Å². The minimum atomic E-state index is -2.91. The summed E-state index contributed by atoms with van der Waals surface area (Å²) >= 11 is 0. The normalized spacial score (nSPS) is 20.8. The van der Waals surface area contributed by atoms with Crippen molar-refractivity contribution in [1.82, 2.24) is 9.88 Å². The van der Waals surface area contributed by atoms with E-state index >= 15 is 0 Å². The molecule has 3 heterocycles. The highest BCUT2D eigenvalue weighted by atomic mass is 19.3. The first-order valence-electron chi connectivity index (χ1n) is 11.3. The summed E-state index contributed by atoms with van der Waals surface area (Å²) in [7, 11) is 0. The number of rotatable bonds is 4. The van der Waals surface area contributed by atoms with Gasteiger partial charge in [0.15, 0.2) is 0 Å². The second kappa shape index (κ2) is 8.71. The molecule has 3 aromatic rings. The molecule has 2 aliphatic rings. The first-order valence-corrected chi connectivity index (χ1v) is 11.3. The van der Waals surface area contributed by atoms with Gasteiger partial charge in [-0.15, -0.1) is 0 Å². The Kier molecular flexibility index (Phi) is 5.74. The van der Waals surface area contributed by atoms with E-state index in [1.54, 1.807) is 11.1 Å². The average Bonchev–Trinajstić information content (AvgIpc) is 3.19. The summed E-state index contributed by atoms with van der Waals surface area (Å²) in [6.07, 6.45) is 1.54. The highest BCUT2D eigenvalue weighted by Crippen LogP contribution is 2.32. The van der Waals surface area contributed by atoms with E-state index in [0.29, 0.717) is 25.9 Å². The maximum absolute atomic E-state index is 13.3. The van der Waals surface area contributed by atoms with Crippen LogP contribution in [-0.2, 0) is 9.53 Å². The summed E-state index contributed by atoms with van der Waals surface area (Å²) in [6, 6.07) is 16.3. The minimum absolute atomic E-state index is 0.0163. The van der Waals surface area contributed by atoms with Gasteiger partial charge in [0.25, 0.3) is 11.8 Å². The third-order valence-corrected chi connectivity index (χ3v) is 6.43. The van der Waals surface area contributed by atoms with Crippen molar-refractivity contribution in [2.24, 2.45) is 0 Å². The van der Waals surface area contributed by atoms with Gasteiger partial charge in [0, 0.05) is 43.9 Å². The van der Waals surface area contributed by atoms with Crippen LogP contribution in [0.2, 0.25) is 0 Å². The average molecular weight is 453 g/mol. The monoisotopic (exact) mass is 452 g/mol. The van der Waals surface area contributed by atoms with E-state index in [2.05, 4.69) is 30.1 Å². The lowest BCUT2D eigenvalue weighted by Crippen LogP contribution is -2.46. The van der Waals surface area contributed by atoms with Gasteiger partial charge in [-0.1, -0.05) is 18.2 Å². The van der Waals surface area contributed by atoms with Crippen LogP contribution in [0.4, 0.5) is 8.78 Å². The highest BCUT2D eigenvalue weighted by molar-refractivity contribution is 5.86. The third-order valence-electron chi connectivity index (χ3n) is 6.43. The number of hydrogen-bond acceptors (Lipinski definition) is 4.